The molecule has 3 rings (SSSR count). The van der Waals surface area contributed by atoms with E-state index in [1.54, 1.807) is 0 Å². The zero-order valence-electron chi connectivity index (χ0n) is 13.0. The number of nitrogens with zero attached hydrogens (tertiary/aromatic N) is 3. The lowest BCUT2D eigenvalue weighted by Gasteiger charge is -2.45. The second-order valence-electron chi connectivity index (χ2n) is 6.13. The topological polar surface area (TPSA) is 123 Å². The summed E-state index contributed by atoms with van der Waals surface area (Å²) in [5, 5.41) is 0. The fourth-order valence-electron chi connectivity index (χ4n) is 3.50. The van der Waals surface area contributed by atoms with Gasteiger partial charge in [0.25, 0.3) is 0 Å². The van der Waals surface area contributed by atoms with E-state index in [2.05, 4.69) is 9.98 Å². The van der Waals surface area contributed by atoms with E-state index in [0.717, 1.165) is 36.9 Å². The maximum atomic E-state index is 11.2. The maximum Gasteiger partial charge on any atom is 0.221 e. The molecule has 1 aromatic rings. The highest BCUT2D eigenvalue weighted by atomic mass is 16.1. The van der Waals surface area contributed by atoms with E-state index in [1.807, 2.05) is 29.2 Å². The first-order chi connectivity index (χ1) is 11.0. The van der Waals surface area contributed by atoms with Crippen molar-refractivity contribution in [2.75, 3.05) is 4.90 Å². The van der Waals surface area contributed by atoms with Gasteiger partial charge in [0.15, 0.2) is 0 Å². The van der Waals surface area contributed by atoms with Crippen molar-refractivity contribution in [3.63, 3.8) is 0 Å². The molecule has 2 aliphatic rings. The molecule has 0 atom stereocenters. The molecule has 6 N–H and O–H groups in total. The Bertz CT molecular complexity index is 675. The average Bonchev–Trinajstić information content (AvgIpc) is 2.46. The molecule has 1 amide bonds. The summed E-state index contributed by atoms with van der Waals surface area (Å²) in [5.74, 6) is 0.210. The van der Waals surface area contributed by atoms with Gasteiger partial charge < -0.3 is 17.2 Å². The van der Waals surface area contributed by atoms with E-state index in [9.17, 15) is 4.79 Å². The summed E-state index contributed by atoms with van der Waals surface area (Å²) >= 11 is 0. The molecular weight excluding hydrogens is 292 g/mol. The molecule has 0 saturated heterocycles. The van der Waals surface area contributed by atoms with E-state index < -0.39 is 5.66 Å². The van der Waals surface area contributed by atoms with Crippen molar-refractivity contribution in [3.05, 3.63) is 29.8 Å². The molecule has 0 radical (unpaired) electrons. The lowest BCUT2D eigenvalue weighted by atomic mass is 9.87. The quantitative estimate of drug-likeness (QED) is 0.764. The minimum absolute atomic E-state index is 0.192. The fourth-order valence-corrected chi connectivity index (χ4v) is 3.50. The van der Waals surface area contributed by atoms with Crippen LogP contribution in [0, 0.1) is 0 Å². The van der Waals surface area contributed by atoms with Crippen molar-refractivity contribution < 1.29 is 4.79 Å². The fraction of sp³-hybridized carbons (Fsp3) is 0.438. The van der Waals surface area contributed by atoms with Gasteiger partial charge in [-0.15, -0.1) is 0 Å². The van der Waals surface area contributed by atoms with Crippen LogP contribution in [0.1, 0.15) is 37.7 Å². The normalized spacial score (nSPS) is 20.1. The first-order valence-corrected chi connectivity index (χ1v) is 7.87. The number of carbonyl (C=O) groups excluding carboxylic acids is 1. The number of primary amides is 1. The molecule has 0 unspecified atom stereocenters. The third-order valence-corrected chi connectivity index (χ3v) is 4.40. The average molecular weight is 314 g/mol. The van der Waals surface area contributed by atoms with Crippen molar-refractivity contribution in [2.45, 2.75) is 44.2 Å². The van der Waals surface area contributed by atoms with Gasteiger partial charge in [-0.2, -0.15) is 4.99 Å². The largest absolute Gasteiger partial charge is 0.369 e. The minimum atomic E-state index is -0.473. The number of amides is 1. The predicted molar refractivity (Wildman–Crippen MR) is 90.9 cm³/mol. The number of benzene rings is 1. The Morgan fingerprint density at radius 2 is 1.96 bits per heavy atom. The Labute approximate surface area is 135 Å². The summed E-state index contributed by atoms with van der Waals surface area (Å²) in [6.07, 6.45) is 5.28. The Kier molecular flexibility index (Phi) is 3.94. The molecular formula is C16H22N6O. The Hall–Kier alpha value is -2.57. The van der Waals surface area contributed by atoms with Crippen LogP contribution in [0.5, 0.6) is 0 Å². The Morgan fingerprint density at radius 1 is 1.22 bits per heavy atom. The predicted octanol–water partition coefficient (Wildman–Crippen LogP) is 0.824. The van der Waals surface area contributed by atoms with Crippen LogP contribution >= 0.6 is 0 Å². The van der Waals surface area contributed by atoms with Crippen LogP contribution in [0.3, 0.4) is 0 Å². The molecule has 7 heteroatoms. The van der Waals surface area contributed by atoms with Crippen LogP contribution < -0.4 is 22.1 Å². The van der Waals surface area contributed by atoms with Gasteiger partial charge in [0.05, 0.1) is 6.42 Å². The third kappa shape index (κ3) is 2.99. The summed E-state index contributed by atoms with van der Waals surface area (Å²) < 4.78 is 0. The molecule has 0 aromatic heterocycles. The third-order valence-electron chi connectivity index (χ3n) is 4.40. The molecule has 1 heterocycles. The number of guanidine groups is 2. The number of rotatable bonds is 3. The van der Waals surface area contributed by atoms with Crippen molar-refractivity contribution in [1.82, 2.24) is 0 Å². The smallest absolute Gasteiger partial charge is 0.221 e. The van der Waals surface area contributed by atoms with Crippen LogP contribution in [-0.4, -0.2) is 23.5 Å². The molecule has 23 heavy (non-hydrogen) atoms. The summed E-state index contributed by atoms with van der Waals surface area (Å²) in [7, 11) is 0. The van der Waals surface area contributed by atoms with E-state index in [1.165, 1.54) is 6.42 Å². The van der Waals surface area contributed by atoms with Gasteiger partial charge in [-0.1, -0.05) is 18.6 Å². The number of hydrogen-bond donors (Lipinski definition) is 3. The number of anilines is 1. The van der Waals surface area contributed by atoms with Crippen molar-refractivity contribution in [1.29, 1.82) is 0 Å². The van der Waals surface area contributed by atoms with E-state index in [0.29, 0.717) is 5.96 Å². The monoisotopic (exact) mass is 314 g/mol. The van der Waals surface area contributed by atoms with Gasteiger partial charge in [0.1, 0.15) is 5.66 Å². The van der Waals surface area contributed by atoms with Crippen molar-refractivity contribution in [2.24, 2.45) is 27.2 Å². The molecule has 0 bridgehead atoms. The maximum absolute atomic E-state index is 11.2. The second kappa shape index (κ2) is 5.91. The highest BCUT2D eigenvalue weighted by Gasteiger charge is 2.42. The standard InChI is InChI=1S/C16H22N6O/c17-13(23)10-11-5-4-6-12(9-11)22-15(19)20-14(18)21-16(22)7-2-1-3-8-16/h4-6,9H,1-3,7-8,10H2,(H2,17,23)(H4,18,19,20,21). The lowest BCUT2D eigenvalue weighted by Crippen LogP contribution is -2.58. The Balaban J connectivity index is 2.01. The number of carbonyl (C=O) groups is 1. The second-order valence-corrected chi connectivity index (χ2v) is 6.13. The number of nitrogens with two attached hydrogens (primary N) is 3. The van der Waals surface area contributed by atoms with Crippen molar-refractivity contribution in [3.8, 4) is 0 Å². The molecule has 7 nitrogen and oxygen atoms in total. The lowest BCUT2D eigenvalue weighted by molar-refractivity contribution is -0.117. The molecule has 1 fully saturated rings. The zero-order valence-corrected chi connectivity index (χ0v) is 13.0. The summed E-state index contributed by atoms with van der Waals surface area (Å²) in [4.78, 5) is 21.9. The molecule has 122 valence electrons. The number of aliphatic imine (C=N–C) groups is 2. The SMILES string of the molecule is NC(=O)Cc1cccc(N2C(N)=NC(N)=NC23CCCCC3)c1. The molecule has 1 aliphatic heterocycles. The van der Waals surface area contributed by atoms with Crippen LogP contribution in [0.2, 0.25) is 0 Å². The Morgan fingerprint density at radius 3 is 2.65 bits per heavy atom. The highest BCUT2D eigenvalue weighted by Crippen LogP contribution is 2.39. The summed E-state index contributed by atoms with van der Waals surface area (Å²) in [6, 6.07) is 7.62. The van der Waals surface area contributed by atoms with Gasteiger partial charge in [0, 0.05) is 5.69 Å². The number of hydrogen-bond acceptors (Lipinski definition) is 6. The van der Waals surface area contributed by atoms with Gasteiger partial charge >= 0.3 is 0 Å². The van der Waals surface area contributed by atoms with E-state index >= 15 is 0 Å². The van der Waals surface area contributed by atoms with Crippen LogP contribution in [-0.2, 0) is 11.2 Å². The first kappa shape index (κ1) is 15.3. The zero-order chi connectivity index (χ0) is 16.4. The minimum Gasteiger partial charge on any atom is -0.369 e. The molecule has 1 saturated carbocycles. The van der Waals surface area contributed by atoms with Gasteiger partial charge in [-0.25, -0.2) is 4.99 Å². The summed E-state index contributed by atoms with van der Waals surface area (Å²) in [5.41, 5.74) is 18.6. The van der Waals surface area contributed by atoms with Gasteiger partial charge in [-0.05, 0) is 43.4 Å². The van der Waals surface area contributed by atoms with Crippen LogP contribution in [0.15, 0.2) is 34.3 Å². The van der Waals surface area contributed by atoms with Gasteiger partial charge in [-0.3, -0.25) is 9.69 Å². The van der Waals surface area contributed by atoms with E-state index in [4.69, 9.17) is 17.2 Å². The first-order valence-electron chi connectivity index (χ1n) is 7.87. The van der Waals surface area contributed by atoms with Crippen LogP contribution in [0.4, 0.5) is 5.69 Å². The van der Waals surface area contributed by atoms with Crippen LogP contribution in [0.25, 0.3) is 0 Å². The summed E-state index contributed by atoms with van der Waals surface area (Å²) in [6.45, 7) is 0. The highest BCUT2D eigenvalue weighted by molar-refractivity contribution is 6.05. The molecule has 1 aromatic carbocycles. The van der Waals surface area contributed by atoms with Gasteiger partial charge in [0.2, 0.25) is 17.8 Å². The molecule has 1 aliphatic carbocycles. The van der Waals surface area contributed by atoms with E-state index in [-0.39, 0.29) is 18.3 Å². The molecule has 1 spiro atoms. The van der Waals surface area contributed by atoms with Crippen molar-refractivity contribution >= 4 is 23.5 Å².